The first-order valence-corrected chi connectivity index (χ1v) is 8.33. The fourth-order valence-corrected chi connectivity index (χ4v) is 2.49. The molecular weight excluding hydrogens is 340 g/mol. The minimum Gasteiger partial charge on any atom is -0.389 e. The normalized spacial score (nSPS) is 12.3. The third-order valence-corrected chi connectivity index (χ3v) is 4.03. The highest BCUT2D eigenvalue weighted by Gasteiger charge is 2.11. The van der Waals surface area contributed by atoms with Crippen molar-refractivity contribution in [2.45, 2.75) is 26.2 Å². The zero-order valence-electron chi connectivity index (χ0n) is 13.8. The van der Waals surface area contributed by atoms with Crippen LogP contribution < -0.4 is 0 Å². The molecule has 0 bridgehead atoms. The number of halogens is 1. The Morgan fingerprint density at radius 3 is 2.68 bits per heavy atom. The van der Waals surface area contributed by atoms with Gasteiger partial charge < -0.3 is 9.84 Å². The van der Waals surface area contributed by atoms with E-state index < -0.39 is 6.10 Å². The second-order valence-electron chi connectivity index (χ2n) is 5.79. The second kappa shape index (κ2) is 8.20. The average Bonchev–Trinajstić information content (AvgIpc) is 3.05. The molecule has 1 N–H and O–H groups in total. The number of ether oxygens (including phenoxy) is 1. The molecule has 0 amide bonds. The van der Waals surface area contributed by atoms with Crippen molar-refractivity contribution in [1.29, 1.82) is 0 Å². The summed E-state index contributed by atoms with van der Waals surface area (Å²) in [5, 5.41) is 23.0. The lowest BCUT2D eigenvalue weighted by atomic mass is 10.1. The molecule has 0 saturated carbocycles. The molecule has 0 aliphatic rings. The molecule has 0 radical (unpaired) electrons. The van der Waals surface area contributed by atoms with E-state index in [2.05, 4.69) is 15.4 Å². The maximum atomic E-state index is 10.1. The lowest BCUT2D eigenvalue weighted by molar-refractivity contribution is 0.0165. The van der Waals surface area contributed by atoms with Crippen molar-refractivity contribution in [1.82, 2.24) is 20.2 Å². The molecule has 0 aliphatic carbocycles. The van der Waals surface area contributed by atoms with Crippen molar-refractivity contribution < 1.29 is 9.84 Å². The van der Waals surface area contributed by atoms with E-state index in [1.807, 2.05) is 55.5 Å². The average molecular weight is 359 g/mol. The lowest BCUT2D eigenvalue weighted by Crippen LogP contribution is -2.23. The van der Waals surface area contributed by atoms with Crippen LogP contribution in [0.5, 0.6) is 0 Å². The highest BCUT2D eigenvalue weighted by atomic mass is 35.5. The molecule has 0 aliphatic heterocycles. The van der Waals surface area contributed by atoms with Crippen LogP contribution in [-0.4, -0.2) is 38.0 Å². The predicted octanol–water partition coefficient (Wildman–Crippen LogP) is 2.88. The van der Waals surface area contributed by atoms with Crippen LogP contribution in [-0.2, 0) is 17.9 Å². The third-order valence-electron chi connectivity index (χ3n) is 3.66. The zero-order valence-corrected chi connectivity index (χ0v) is 14.6. The Morgan fingerprint density at radius 1 is 1.16 bits per heavy atom. The van der Waals surface area contributed by atoms with Gasteiger partial charge in [-0.3, -0.25) is 0 Å². The highest BCUT2D eigenvalue weighted by Crippen LogP contribution is 2.16. The number of aryl methyl sites for hydroxylation is 1. The number of nitrogens with zero attached hydrogens (tertiary/aromatic N) is 4. The molecule has 1 unspecified atom stereocenters. The largest absolute Gasteiger partial charge is 0.389 e. The third kappa shape index (κ3) is 4.85. The summed E-state index contributed by atoms with van der Waals surface area (Å²) in [5.74, 6) is 0.532. The van der Waals surface area contributed by atoms with Crippen LogP contribution in [0.3, 0.4) is 0 Å². The van der Waals surface area contributed by atoms with Crippen molar-refractivity contribution in [2.24, 2.45) is 0 Å². The molecule has 130 valence electrons. The zero-order chi connectivity index (χ0) is 17.6. The van der Waals surface area contributed by atoms with Gasteiger partial charge in [0, 0.05) is 10.6 Å². The van der Waals surface area contributed by atoms with E-state index >= 15 is 0 Å². The minimum absolute atomic E-state index is 0.159. The Kier molecular flexibility index (Phi) is 5.75. The van der Waals surface area contributed by atoms with Crippen LogP contribution in [0.1, 0.15) is 11.1 Å². The standard InChI is InChI=1S/C18H19ClN4O2/c1-13-6-8-14(9-7-13)18-20-22-23(21-18)10-16(24)12-25-11-15-4-2-3-5-17(15)19/h2-9,16,24H,10-12H2,1H3. The Bertz CT molecular complexity index is 820. The van der Waals surface area contributed by atoms with Crippen LogP contribution in [0.15, 0.2) is 48.5 Å². The van der Waals surface area contributed by atoms with Gasteiger partial charge in [0.25, 0.3) is 0 Å². The van der Waals surface area contributed by atoms with E-state index in [-0.39, 0.29) is 13.2 Å². The van der Waals surface area contributed by atoms with Gasteiger partial charge in [-0.05, 0) is 23.8 Å². The van der Waals surface area contributed by atoms with Gasteiger partial charge in [-0.25, -0.2) is 0 Å². The first-order valence-electron chi connectivity index (χ1n) is 7.96. The number of aromatic nitrogens is 4. The molecule has 0 saturated heterocycles. The quantitative estimate of drug-likeness (QED) is 0.703. The molecule has 1 atom stereocenters. The van der Waals surface area contributed by atoms with Crippen molar-refractivity contribution in [3.63, 3.8) is 0 Å². The Balaban J connectivity index is 1.50. The molecule has 7 heteroatoms. The summed E-state index contributed by atoms with van der Waals surface area (Å²) in [6.07, 6.45) is -0.734. The van der Waals surface area contributed by atoms with Crippen LogP contribution in [0.2, 0.25) is 5.02 Å². The van der Waals surface area contributed by atoms with Gasteiger partial charge in [0.1, 0.15) is 0 Å². The van der Waals surface area contributed by atoms with Crippen LogP contribution in [0.4, 0.5) is 0 Å². The van der Waals surface area contributed by atoms with Crippen molar-refractivity contribution in [2.75, 3.05) is 6.61 Å². The number of aliphatic hydroxyl groups excluding tert-OH is 1. The molecular formula is C18H19ClN4O2. The van der Waals surface area contributed by atoms with Crippen molar-refractivity contribution in [3.8, 4) is 11.4 Å². The highest BCUT2D eigenvalue weighted by molar-refractivity contribution is 6.31. The van der Waals surface area contributed by atoms with Crippen molar-refractivity contribution in [3.05, 3.63) is 64.7 Å². The van der Waals surface area contributed by atoms with Crippen LogP contribution in [0, 0.1) is 6.92 Å². The van der Waals surface area contributed by atoms with E-state index in [9.17, 15) is 5.11 Å². The molecule has 1 heterocycles. The molecule has 1 aromatic heterocycles. The Hall–Kier alpha value is -2.28. The monoisotopic (exact) mass is 358 g/mol. The Labute approximate surface area is 151 Å². The first kappa shape index (κ1) is 17.5. The maximum absolute atomic E-state index is 10.1. The molecule has 0 fully saturated rings. The van der Waals surface area contributed by atoms with Gasteiger partial charge >= 0.3 is 0 Å². The van der Waals surface area contributed by atoms with Crippen LogP contribution in [0.25, 0.3) is 11.4 Å². The molecule has 6 nitrogen and oxygen atoms in total. The number of aliphatic hydroxyl groups is 1. The summed E-state index contributed by atoms with van der Waals surface area (Å²) in [5.41, 5.74) is 2.94. The minimum atomic E-state index is -0.734. The molecule has 3 rings (SSSR count). The van der Waals surface area contributed by atoms with Gasteiger partial charge in [0.2, 0.25) is 5.82 Å². The maximum Gasteiger partial charge on any atom is 0.204 e. The number of benzene rings is 2. The lowest BCUT2D eigenvalue weighted by Gasteiger charge is -2.11. The predicted molar refractivity (Wildman–Crippen MR) is 95.1 cm³/mol. The fraction of sp³-hybridized carbons (Fsp3) is 0.278. The second-order valence-corrected chi connectivity index (χ2v) is 6.20. The van der Waals surface area contributed by atoms with E-state index in [0.717, 1.165) is 11.1 Å². The number of tetrazole rings is 1. The molecule has 2 aromatic carbocycles. The Morgan fingerprint density at radius 2 is 1.92 bits per heavy atom. The molecule has 0 spiro atoms. The number of rotatable bonds is 7. The summed E-state index contributed by atoms with van der Waals surface area (Å²) in [7, 11) is 0. The van der Waals surface area contributed by atoms with Gasteiger partial charge in [-0.2, -0.15) is 4.80 Å². The van der Waals surface area contributed by atoms with Crippen molar-refractivity contribution >= 4 is 11.6 Å². The fourth-order valence-electron chi connectivity index (χ4n) is 2.30. The topological polar surface area (TPSA) is 73.1 Å². The summed E-state index contributed by atoms with van der Waals surface area (Å²) >= 11 is 6.07. The summed E-state index contributed by atoms with van der Waals surface area (Å²) in [6.45, 7) is 2.73. The van der Waals surface area contributed by atoms with E-state index in [1.165, 1.54) is 10.4 Å². The number of hydrogen-bond acceptors (Lipinski definition) is 5. The summed E-state index contributed by atoms with van der Waals surface area (Å²) < 4.78 is 5.52. The van der Waals surface area contributed by atoms with Gasteiger partial charge in [-0.15, -0.1) is 10.2 Å². The first-order chi connectivity index (χ1) is 12.1. The number of hydrogen-bond donors (Lipinski definition) is 1. The smallest absolute Gasteiger partial charge is 0.204 e. The van der Waals surface area contributed by atoms with Gasteiger partial charge in [0.15, 0.2) is 0 Å². The molecule has 3 aromatic rings. The van der Waals surface area contributed by atoms with E-state index in [0.29, 0.717) is 17.5 Å². The molecule has 25 heavy (non-hydrogen) atoms. The van der Waals surface area contributed by atoms with Crippen LogP contribution >= 0.6 is 11.6 Å². The summed E-state index contributed by atoms with van der Waals surface area (Å²) in [6, 6.07) is 15.3. The van der Waals surface area contributed by atoms with Gasteiger partial charge in [-0.1, -0.05) is 59.6 Å². The van der Waals surface area contributed by atoms with E-state index in [1.54, 1.807) is 0 Å². The van der Waals surface area contributed by atoms with Gasteiger partial charge in [0.05, 0.1) is 25.9 Å². The summed E-state index contributed by atoms with van der Waals surface area (Å²) in [4.78, 5) is 1.37. The van der Waals surface area contributed by atoms with E-state index in [4.69, 9.17) is 16.3 Å². The SMILES string of the molecule is Cc1ccc(-c2nnn(CC(O)COCc3ccccc3Cl)n2)cc1.